The molecule has 1 amide bonds. The van der Waals surface area contributed by atoms with E-state index >= 15 is 0 Å². The Labute approximate surface area is 151 Å². The Bertz CT molecular complexity index is 768. The second-order valence-corrected chi connectivity index (χ2v) is 5.90. The highest BCUT2D eigenvalue weighted by Gasteiger charge is 2.07. The molecule has 0 heterocycles. The number of para-hydroxylation sites is 1. The summed E-state index contributed by atoms with van der Waals surface area (Å²) in [5.74, 6) is -0.255. The van der Waals surface area contributed by atoms with Gasteiger partial charge in [-0.1, -0.05) is 12.1 Å². The van der Waals surface area contributed by atoms with Crippen LogP contribution < -0.4 is 16.0 Å². The predicted molar refractivity (Wildman–Crippen MR) is 100 cm³/mol. The van der Waals surface area contributed by atoms with Crippen LogP contribution in [0.1, 0.15) is 0 Å². The summed E-state index contributed by atoms with van der Waals surface area (Å²) in [6.45, 7) is -0.0137. The fraction of sp³-hybridized carbons (Fsp3) is 0.0667. The molecule has 0 radical (unpaired) electrons. The molecule has 2 aromatic rings. The number of non-ortho nitro benzene ring substituents is 1. The first-order valence-electron chi connectivity index (χ1n) is 6.79. The summed E-state index contributed by atoms with van der Waals surface area (Å²) in [4.78, 5) is 22.0. The van der Waals surface area contributed by atoms with E-state index < -0.39 is 4.92 Å². The number of benzene rings is 2. The first-order chi connectivity index (χ1) is 11.5. The van der Waals surface area contributed by atoms with E-state index in [0.29, 0.717) is 11.4 Å². The number of hydrogen-bond donors (Lipinski definition) is 3. The van der Waals surface area contributed by atoms with Gasteiger partial charge in [-0.15, -0.1) is 0 Å². The first kappa shape index (κ1) is 17.8. The van der Waals surface area contributed by atoms with Gasteiger partial charge in [-0.25, -0.2) is 0 Å². The Morgan fingerprint density at radius 1 is 1.12 bits per heavy atom. The summed E-state index contributed by atoms with van der Waals surface area (Å²) in [6, 6.07) is 13.1. The zero-order chi connectivity index (χ0) is 17.5. The van der Waals surface area contributed by atoms with Gasteiger partial charge in [0.1, 0.15) is 0 Å². The van der Waals surface area contributed by atoms with E-state index in [1.54, 1.807) is 6.07 Å². The Morgan fingerprint density at radius 2 is 1.79 bits per heavy atom. The quantitative estimate of drug-likeness (QED) is 0.399. The number of anilines is 2. The number of carbonyl (C=O) groups excluding carboxylic acids is 1. The highest BCUT2D eigenvalue weighted by molar-refractivity contribution is 9.10. The van der Waals surface area contributed by atoms with E-state index in [1.165, 1.54) is 24.3 Å². The number of nitrogens with one attached hydrogen (secondary N) is 3. The van der Waals surface area contributed by atoms with Crippen LogP contribution in [0, 0.1) is 10.1 Å². The lowest BCUT2D eigenvalue weighted by atomic mass is 10.3. The van der Waals surface area contributed by atoms with Gasteiger partial charge < -0.3 is 16.0 Å². The molecule has 2 aromatic carbocycles. The Balaban J connectivity index is 1.81. The molecular formula is C15H13BrN4O3S. The lowest BCUT2D eigenvalue weighted by Crippen LogP contribution is -2.35. The molecule has 24 heavy (non-hydrogen) atoms. The number of nitro benzene ring substituents is 1. The van der Waals surface area contributed by atoms with Gasteiger partial charge in [0.2, 0.25) is 5.91 Å². The van der Waals surface area contributed by atoms with Gasteiger partial charge in [0.15, 0.2) is 5.11 Å². The minimum Gasteiger partial charge on any atom is -0.353 e. The van der Waals surface area contributed by atoms with E-state index in [4.69, 9.17) is 12.2 Å². The van der Waals surface area contributed by atoms with Crippen LogP contribution in [0.5, 0.6) is 0 Å². The molecule has 0 aromatic heterocycles. The van der Waals surface area contributed by atoms with Crippen LogP contribution in [0.2, 0.25) is 0 Å². The number of amides is 1. The van der Waals surface area contributed by atoms with Crippen molar-refractivity contribution in [1.29, 1.82) is 0 Å². The van der Waals surface area contributed by atoms with Gasteiger partial charge in [-0.3, -0.25) is 14.9 Å². The maximum absolute atomic E-state index is 11.9. The highest BCUT2D eigenvalue weighted by atomic mass is 79.9. The van der Waals surface area contributed by atoms with Gasteiger partial charge in [-0.05, 0) is 52.4 Å². The number of nitrogens with zero attached hydrogens (tertiary/aromatic N) is 1. The molecule has 0 bridgehead atoms. The number of nitro groups is 1. The third-order valence-corrected chi connectivity index (χ3v) is 3.83. The SMILES string of the molecule is O=C(CNC(=S)Nc1ccc([N+](=O)[O-])cc1)Nc1ccccc1Br. The summed E-state index contributed by atoms with van der Waals surface area (Å²) < 4.78 is 0.782. The van der Waals surface area contributed by atoms with Crippen LogP contribution in [0.15, 0.2) is 53.0 Å². The van der Waals surface area contributed by atoms with Crippen molar-refractivity contribution in [3.05, 3.63) is 63.1 Å². The van der Waals surface area contributed by atoms with Gasteiger partial charge in [0.05, 0.1) is 17.2 Å². The molecule has 0 saturated heterocycles. The van der Waals surface area contributed by atoms with Gasteiger partial charge in [0.25, 0.3) is 5.69 Å². The van der Waals surface area contributed by atoms with Crippen LogP contribution in [0.4, 0.5) is 17.1 Å². The fourth-order valence-corrected chi connectivity index (χ4v) is 2.33. The maximum Gasteiger partial charge on any atom is 0.269 e. The monoisotopic (exact) mass is 408 g/mol. The predicted octanol–water partition coefficient (Wildman–Crippen LogP) is 3.28. The van der Waals surface area contributed by atoms with Crippen molar-refractivity contribution in [1.82, 2.24) is 5.32 Å². The normalized spacial score (nSPS) is 9.88. The molecule has 0 unspecified atom stereocenters. The Hall–Kier alpha value is -2.52. The molecule has 0 spiro atoms. The summed E-state index contributed by atoms with van der Waals surface area (Å²) >= 11 is 8.43. The lowest BCUT2D eigenvalue weighted by Gasteiger charge is -2.11. The molecule has 0 atom stereocenters. The van der Waals surface area contributed by atoms with Crippen molar-refractivity contribution >= 4 is 56.2 Å². The standard InChI is InChI=1S/C15H13BrN4O3S/c16-12-3-1-2-4-13(12)19-14(21)9-17-15(24)18-10-5-7-11(8-6-10)20(22)23/h1-8H,9H2,(H,19,21)(H2,17,18,24). The zero-order valence-electron chi connectivity index (χ0n) is 12.3. The van der Waals surface area contributed by atoms with Crippen molar-refractivity contribution in [2.45, 2.75) is 0 Å². The second-order valence-electron chi connectivity index (χ2n) is 4.64. The zero-order valence-corrected chi connectivity index (χ0v) is 14.7. The average molecular weight is 409 g/mol. The summed E-state index contributed by atoms with van der Waals surface area (Å²) in [5.41, 5.74) is 1.25. The van der Waals surface area contributed by atoms with Gasteiger partial charge in [-0.2, -0.15) is 0 Å². The number of rotatable bonds is 5. The van der Waals surface area contributed by atoms with Crippen molar-refractivity contribution < 1.29 is 9.72 Å². The van der Waals surface area contributed by atoms with Crippen molar-refractivity contribution in [3.8, 4) is 0 Å². The van der Waals surface area contributed by atoms with E-state index in [9.17, 15) is 14.9 Å². The minimum atomic E-state index is -0.480. The largest absolute Gasteiger partial charge is 0.353 e. The molecule has 9 heteroatoms. The second kappa shape index (κ2) is 8.37. The fourth-order valence-electron chi connectivity index (χ4n) is 1.76. The minimum absolute atomic E-state index is 0.00718. The molecule has 0 aliphatic rings. The number of thiocarbonyl (C=S) groups is 1. The van der Waals surface area contributed by atoms with E-state index in [2.05, 4.69) is 31.9 Å². The average Bonchev–Trinajstić information content (AvgIpc) is 2.55. The molecule has 7 nitrogen and oxygen atoms in total. The topological polar surface area (TPSA) is 96.3 Å². The van der Waals surface area contributed by atoms with Crippen LogP contribution in [-0.2, 0) is 4.79 Å². The van der Waals surface area contributed by atoms with Crippen molar-refractivity contribution in [3.63, 3.8) is 0 Å². The third-order valence-electron chi connectivity index (χ3n) is 2.89. The number of carbonyl (C=O) groups is 1. The van der Waals surface area contributed by atoms with Crippen molar-refractivity contribution in [2.24, 2.45) is 0 Å². The van der Waals surface area contributed by atoms with E-state index in [1.807, 2.05) is 18.2 Å². The summed E-state index contributed by atoms with van der Waals surface area (Å²) in [7, 11) is 0. The Kier molecular flexibility index (Phi) is 6.21. The molecule has 0 saturated carbocycles. The van der Waals surface area contributed by atoms with Crippen LogP contribution in [-0.4, -0.2) is 22.5 Å². The number of halogens is 1. The smallest absolute Gasteiger partial charge is 0.269 e. The summed E-state index contributed by atoms with van der Waals surface area (Å²) in [5, 5.41) is 19.2. The number of hydrogen-bond acceptors (Lipinski definition) is 4. The van der Waals surface area contributed by atoms with Crippen LogP contribution >= 0.6 is 28.1 Å². The van der Waals surface area contributed by atoms with Crippen molar-refractivity contribution in [2.75, 3.05) is 17.2 Å². The van der Waals surface area contributed by atoms with E-state index in [-0.39, 0.29) is 23.3 Å². The molecule has 0 aliphatic carbocycles. The molecule has 2 rings (SSSR count). The van der Waals surface area contributed by atoms with Gasteiger partial charge >= 0.3 is 0 Å². The summed E-state index contributed by atoms with van der Waals surface area (Å²) in [6.07, 6.45) is 0. The molecule has 3 N–H and O–H groups in total. The Morgan fingerprint density at radius 3 is 2.42 bits per heavy atom. The molecule has 124 valence electrons. The molecular weight excluding hydrogens is 396 g/mol. The third kappa shape index (κ3) is 5.28. The molecule has 0 fully saturated rings. The molecule has 0 aliphatic heterocycles. The lowest BCUT2D eigenvalue weighted by molar-refractivity contribution is -0.384. The first-order valence-corrected chi connectivity index (χ1v) is 7.99. The van der Waals surface area contributed by atoms with Crippen LogP contribution in [0.25, 0.3) is 0 Å². The van der Waals surface area contributed by atoms with Crippen LogP contribution in [0.3, 0.4) is 0 Å². The van der Waals surface area contributed by atoms with Gasteiger partial charge in [0, 0.05) is 22.3 Å². The highest BCUT2D eigenvalue weighted by Crippen LogP contribution is 2.20. The maximum atomic E-state index is 11.9. The van der Waals surface area contributed by atoms with E-state index in [0.717, 1.165) is 4.47 Å².